The predicted molar refractivity (Wildman–Crippen MR) is 99.3 cm³/mol. The number of rotatable bonds is 6. The van der Waals surface area contributed by atoms with Gasteiger partial charge >= 0.3 is 0 Å². The molecule has 0 spiro atoms. The van der Waals surface area contributed by atoms with Gasteiger partial charge in [-0.15, -0.1) is 0 Å². The largest absolute Gasteiger partial charge is 0.496 e. The highest BCUT2D eigenvalue weighted by Crippen LogP contribution is 2.24. The Morgan fingerprint density at radius 1 is 1.32 bits per heavy atom. The number of nitrogens with zero attached hydrogens (tertiary/aromatic N) is 2. The molecule has 0 aromatic heterocycles. The van der Waals surface area contributed by atoms with Crippen LogP contribution in [0.4, 0.5) is 5.69 Å². The van der Waals surface area contributed by atoms with Crippen molar-refractivity contribution in [3.05, 3.63) is 74.3 Å². The van der Waals surface area contributed by atoms with E-state index in [2.05, 4.69) is 15.9 Å². The van der Waals surface area contributed by atoms with Gasteiger partial charge in [0.2, 0.25) is 5.91 Å². The molecule has 2 aromatic rings. The van der Waals surface area contributed by atoms with E-state index >= 15 is 0 Å². The number of carbonyl (C=O) groups is 1. The molecule has 0 saturated carbocycles. The summed E-state index contributed by atoms with van der Waals surface area (Å²) in [5.41, 5.74) is 1.45. The third-order valence-corrected chi connectivity index (χ3v) is 4.02. The number of hydrogen-bond donors (Lipinski definition) is 0. The highest BCUT2D eigenvalue weighted by atomic mass is 79.9. The molecule has 7 heteroatoms. The van der Waals surface area contributed by atoms with Crippen LogP contribution in [0, 0.1) is 10.1 Å². The number of methoxy groups -OCH3 is 1. The second-order valence-electron chi connectivity index (χ2n) is 5.34. The second-order valence-corrected chi connectivity index (χ2v) is 6.25. The number of nitro benzene ring substituents is 1. The van der Waals surface area contributed by atoms with Crippen LogP contribution in [0.2, 0.25) is 0 Å². The molecule has 0 aliphatic heterocycles. The SMILES string of the molecule is COc1ccc(Br)cc1CN(C)C(=O)C=Cc1cccc([N+](=O)[O-])c1. The summed E-state index contributed by atoms with van der Waals surface area (Å²) >= 11 is 3.40. The molecule has 0 radical (unpaired) electrons. The van der Waals surface area contributed by atoms with Crippen LogP contribution in [0.5, 0.6) is 5.75 Å². The minimum Gasteiger partial charge on any atom is -0.496 e. The van der Waals surface area contributed by atoms with E-state index in [1.807, 2.05) is 18.2 Å². The topological polar surface area (TPSA) is 72.7 Å². The van der Waals surface area contributed by atoms with Crippen LogP contribution in [0.1, 0.15) is 11.1 Å². The summed E-state index contributed by atoms with van der Waals surface area (Å²) in [6, 6.07) is 11.7. The zero-order chi connectivity index (χ0) is 18.4. The average molecular weight is 405 g/mol. The van der Waals surface area contributed by atoms with E-state index in [4.69, 9.17) is 4.74 Å². The van der Waals surface area contributed by atoms with Crippen molar-refractivity contribution in [3.8, 4) is 5.75 Å². The summed E-state index contributed by atoms with van der Waals surface area (Å²) in [5.74, 6) is 0.485. The van der Waals surface area contributed by atoms with Gasteiger partial charge in [-0.2, -0.15) is 0 Å². The minimum atomic E-state index is -0.467. The second kappa shape index (κ2) is 8.43. The number of halogens is 1. The highest BCUT2D eigenvalue weighted by Gasteiger charge is 2.11. The van der Waals surface area contributed by atoms with Crippen LogP contribution in [0.25, 0.3) is 6.08 Å². The number of amides is 1. The molecule has 0 N–H and O–H groups in total. The molecule has 0 aliphatic carbocycles. The van der Waals surface area contributed by atoms with Gasteiger partial charge in [0.15, 0.2) is 0 Å². The molecule has 2 rings (SSSR count). The fraction of sp³-hybridized carbons (Fsp3) is 0.167. The van der Waals surface area contributed by atoms with E-state index in [0.717, 1.165) is 10.0 Å². The van der Waals surface area contributed by atoms with Crippen LogP contribution >= 0.6 is 15.9 Å². The van der Waals surface area contributed by atoms with E-state index < -0.39 is 4.92 Å². The zero-order valence-electron chi connectivity index (χ0n) is 13.8. The van der Waals surface area contributed by atoms with Gasteiger partial charge in [-0.05, 0) is 29.8 Å². The smallest absolute Gasteiger partial charge is 0.270 e. The molecule has 0 unspecified atom stereocenters. The molecule has 6 nitrogen and oxygen atoms in total. The first-order valence-corrected chi connectivity index (χ1v) is 8.20. The Kier molecular flexibility index (Phi) is 6.30. The number of ether oxygens (including phenoxy) is 1. The van der Waals surface area contributed by atoms with Crippen molar-refractivity contribution in [1.29, 1.82) is 0 Å². The highest BCUT2D eigenvalue weighted by molar-refractivity contribution is 9.10. The third-order valence-electron chi connectivity index (χ3n) is 3.53. The maximum atomic E-state index is 12.3. The molecule has 0 saturated heterocycles. The van der Waals surface area contributed by atoms with Crippen molar-refractivity contribution in [2.45, 2.75) is 6.54 Å². The Hall–Kier alpha value is -2.67. The lowest BCUT2D eigenvalue weighted by molar-refractivity contribution is -0.384. The molecule has 25 heavy (non-hydrogen) atoms. The zero-order valence-corrected chi connectivity index (χ0v) is 15.4. The van der Waals surface area contributed by atoms with E-state index in [0.29, 0.717) is 17.9 Å². The maximum absolute atomic E-state index is 12.3. The van der Waals surface area contributed by atoms with Crippen molar-refractivity contribution < 1.29 is 14.5 Å². The summed E-state index contributed by atoms with van der Waals surface area (Å²) < 4.78 is 6.20. The van der Waals surface area contributed by atoms with E-state index in [1.54, 1.807) is 32.4 Å². The fourth-order valence-electron chi connectivity index (χ4n) is 2.24. The molecule has 0 heterocycles. The Labute approximate surface area is 154 Å². The van der Waals surface area contributed by atoms with E-state index in [-0.39, 0.29) is 11.6 Å². The van der Waals surface area contributed by atoms with E-state index in [1.165, 1.54) is 23.1 Å². The van der Waals surface area contributed by atoms with Gasteiger partial charge < -0.3 is 9.64 Å². The van der Waals surface area contributed by atoms with Crippen LogP contribution < -0.4 is 4.74 Å². The summed E-state index contributed by atoms with van der Waals surface area (Å²) in [6.45, 7) is 0.376. The number of nitro groups is 1. The first kappa shape index (κ1) is 18.7. The van der Waals surface area contributed by atoms with Crippen LogP contribution in [-0.4, -0.2) is 29.9 Å². The fourth-order valence-corrected chi connectivity index (χ4v) is 2.65. The maximum Gasteiger partial charge on any atom is 0.270 e. The van der Waals surface area contributed by atoms with Gasteiger partial charge in [0.05, 0.1) is 12.0 Å². The monoisotopic (exact) mass is 404 g/mol. The first-order valence-electron chi connectivity index (χ1n) is 7.40. The number of hydrogen-bond acceptors (Lipinski definition) is 4. The van der Waals surface area contributed by atoms with Crippen molar-refractivity contribution in [1.82, 2.24) is 4.90 Å². The molecule has 0 aliphatic rings. The summed E-state index contributed by atoms with van der Waals surface area (Å²) in [7, 11) is 3.26. The summed E-state index contributed by atoms with van der Waals surface area (Å²) in [6.07, 6.45) is 2.95. The molecular weight excluding hydrogens is 388 g/mol. The minimum absolute atomic E-state index is 0.0122. The van der Waals surface area contributed by atoms with Crippen molar-refractivity contribution in [2.24, 2.45) is 0 Å². The molecule has 130 valence electrons. The van der Waals surface area contributed by atoms with Crippen LogP contribution in [-0.2, 0) is 11.3 Å². The summed E-state index contributed by atoms with van der Waals surface area (Å²) in [5, 5.41) is 10.8. The molecule has 0 bridgehead atoms. The third kappa shape index (κ3) is 5.15. The van der Waals surface area contributed by atoms with Gasteiger partial charge in [-0.1, -0.05) is 28.1 Å². The van der Waals surface area contributed by atoms with Crippen molar-refractivity contribution in [2.75, 3.05) is 14.2 Å². The van der Waals surface area contributed by atoms with Crippen LogP contribution in [0.3, 0.4) is 0 Å². The van der Waals surface area contributed by atoms with Gasteiger partial charge in [-0.3, -0.25) is 14.9 Å². The van der Waals surface area contributed by atoms with Gasteiger partial charge in [-0.25, -0.2) is 0 Å². The quantitative estimate of drug-likeness (QED) is 0.413. The Bertz CT molecular complexity index is 820. The molecule has 1 amide bonds. The number of likely N-dealkylation sites (N-methyl/N-ethyl adjacent to an activating group) is 1. The standard InChI is InChI=1S/C18H17BrN2O4/c1-20(12-14-11-15(19)7-8-17(14)25-2)18(22)9-6-13-4-3-5-16(10-13)21(23)24/h3-11H,12H2,1-2H3. The molecule has 2 aromatic carbocycles. The predicted octanol–water partition coefficient (Wildman–Crippen LogP) is 4.04. The Balaban J connectivity index is 2.09. The lowest BCUT2D eigenvalue weighted by atomic mass is 10.1. The van der Waals surface area contributed by atoms with Crippen LogP contribution in [0.15, 0.2) is 53.0 Å². The number of carbonyl (C=O) groups excluding carboxylic acids is 1. The molecular formula is C18H17BrN2O4. The molecule has 0 fully saturated rings. The molecule has 0 atom stereocenters. The van der Waals surface area contributed by atoms with Gasteiger partial charge in [0, 0.05) is 41.8 Å². The van der Waals surface area contributed by atoms with E-state index in [9.17, 15) is 14.9 Å². The van der Waals surface area contributed by atoms with Crippen molar-refractivity contribution >= 4 is 33.6 Å². The Morgan fingerprint density at radius 2 is 2.08 bits per heavy atom. The summed E-state index contributed by atoms with van der Waals surface area (Å²) in [4.78, 5) is 24.1. The lowest BCUT2D eigenvalue weighted by Gasteiger charge is -2.17. The first-order chi connectivity index (χ1) is 11.9. The van der Waals surface area contributed by atoms with Crippen molar-refractivity contribution in [3.63, 3.8) is 0 Å². The number of non-ortho nitro benzene ring substituents is 1. The number of benzene rings is 2. The normalized spacial score (nSPS) is 10.7. The van der Waals surface area contributed by atoms with Gasteiger partial charge in [0.1, 0.15) is 5.75 Å². The average Bonchev–Trinajstić information content (AvgIpc) is 2.60. The van der Waals surface area contributed by atoms with Gasteiger partial charge in [0.25, 0.3) is 5.69 Å². The Morgan fingerprint density at radius 3 is 2.76 bits per heavy atom. The lowest BCUT2D eigenvalue weighted by Crippen LogP contribution is -2.24.